The standard InChI is InChI=1S/C2H5ClO4S.Na/c3-1-2-7-8(4,5)6;/h1-2H2,(H,4,5,6);/q;+1/p-1. The zero-order valence-corrected chi connectivity index (χ0v) is 8.41. The molecule has 0 saturated heterocycles. The molecule has 0 aliphatic carbocycles. The third kappa shape index (κ3) is 12.4. The van der Waals surface area contributed by atoms with Gasteiger partial charge in [-0.2, -0.15) is 0 Å². The van der Waals surface area contributed by atoms with Gasteiger partial charge in [-0.05, 0) is 0 Å². The molecule has 0 aromatic carbocycles. The van der Waals surface area contributed by atoms with Crippen LogP contribution in [-0.2, 0) is 14.6 Å². The van der Waals surface area contributed by atoms with Crippen molar-refractivity contribution in [2.24, 2.45) is 0 Å². The zero-order valence-electron chi connectivity index (χ0n) is 4.83. The van der Waals surface area contributed by atoms with Crippen LogP contribution in [0.3, 0.4) is 0 Å². The number of hydrogen-bond donors (Lipinski definition) is 0. The third-order valence-electron chi connectivity index (χ3n) is 0.305. The largest absolute Gasteiger partial charge is 1.00 e. The van der Waals surface area contributed by atoms with Gasteiger partial charge < -0.3 is 4.55 Å². The van der Waals surface area contributed by atoms with Crippen LogP contribution in [-0.4, -0.2) is 25.5 Å². The van der Waals surface area contributed by atoms with Gasteiger partial charge in [0, 0.05) is 5.88 Å². The van der Waals surface area contributed by atoms with E-state index in [0.717, 1.165) is 0 Å². The monoisotopic (exact) mass is 182 g/mol. The van der Waals surface area contributed by atoms with E-state index in [1.807, 2.05) is 0 Å². The van der Waals surface area contributed by atoms with Crippen LogP contribution in [0.15, 0.2) is 0 Å². The molecule has 0 N–H and O–H groups in total. The molecule has 0 atom stereocenters. The molecule has 0 unspecified atom stereocenters. The van der Waals surface area contributed by atoms with Gasteiger partial charge in [0.15, 0.2) is 0 Å². The fourth-order valence-corrected chi connectivity index (χ4v) is 0.590. The van der Waals surface area contributed by atoms with E-state index in [2.05, 4.69) is 4.18 Å². The first-order valence-corrected chi connectivity index (χ1v) is 3.59. The van der Waals surface area contributed by atoms with Gasteiger partial charge in [-0.25, -0.2) is 8.42 Å². The maximum atomic E-state index is 9.55. The normalized spacial score (nSPS) is 10.4. The van der Waals surface area contributed by atoms with Gasteiger partial charge in [-0.15, -0.1) is 11.6 Å². The molecule has 4 nitrogen and oxygen atoms in total. The van der Waals surface area contributed by atoms with E-state index in [4.69, 9.17) is 11.6 Å². The van der Waals surface area contributed by atoms with Gasteiger partial charge in [-0.3, -0.25) is 4.18 Å². The second-order valence-corrected chi connectivity index (χ2v) is 2.35. The molecule has 0 aromatic heterocycles. The van der Waals surface area contributed by atoms with Crippen molar-refractivity contribution in [2.75, 3.05) is 12.5 Å². The first kappa shape index (κ1) is 12.8. The number of hydrogen-bond acceptors (Lipinski definition) is 4. The van der Waals surface area contributed by atoms with Gasteiger partial charge in [0.25, 0.3) is 0 Å². The number of alkyl halides is 1. The minimum atomic E-state index is -4.52. The number of rotatable bonds is 3. The summed E-state index contributed by atoms with van der Waals surface area (Å²) in [5.74, 6) is 0.00146. The Bertz CT molecular complexity index is 143. The van der Waals surface area contributed by atoms with Gasteiger partial charge in [0.1, 0.15) is 0 Å². The Hall–Kier alpha value is 1.16. The van der Waals surface area contributed by atoms with Crippen molar-refractivity contribution in [2.45, 2.75) is 0 Å². The summed E-state index contributed by atoms with van der Waals surface area (Å²) in [5.41, 5.74) is 0. The Kier molecular flexibility index (Phi) is 8.41. The Morgan fingerprint density at radius 3 is 2.11 bits per heavy atom. The molecule has 0 aromatic rings. The zero-order chi connectivity index (χ0) is 6.62. The van der Waals surface area contributed by atoms with Crippen LogP contribution in [0.25, 0.3) is 0 Å². The van der Waals surface area contributed by atoms with Crippen LogP contribution in [0.5, 0.6) is 0 Å². The predicted octanol–water partition coefficient (Wildman–Crippen LogP) is -3.29. The molecule has 0 radical (unpaired) electrons. The SMILES string of the molecule is O=S(=O)([O-])OCCCl.[Na+]. The maximum absolute atomic E-state index is 9.55. The van der Waals surface area contributed by atoms with Crippen molar-refractivity contribution >= 4 is 22.0 Å². The molecule has 0 fully saturated rings. The quantitative estimate of drug-likeness (QED) is 0.199. The van der Waals surface area contributed by atoms with Crippen LogP contribution in [0.4, 0.5) is 0 Å². The van der Waals surface area contributed by atoms with Gasteiger partial charge in [0.2, 0.25) is 10.4 Å². The van der Waals surface area contributed by atoms with Crippen LogP contribution in [0.2, 0.25) is 0 Å². The first-order valence-electron chi connectivity index (χ1n) is 1.72. The fraction of sp³-hybridized carbons (Fsp3) is 1.00. The van der Waals surface area contributed by atoms with Gasteiger partial charge in [-0.1, -0.05) is 0 Å². The van der Waals surface area contributed by atoms with Crippen molar-refractivity contribution in [3.63, 3.8) is 0 Å². The van der Waals surface area contributed by atoms with Crippen molar-refractivity contribution in [1.82, 2.24) is 0 Å². The van der Waals surface area contributed by atoms with E-state index in [1.165, 1.54) is 0 Å². The van der Waals surface area contributed by atoms with Crippen LogP contribution in [0.1, 0.15) is 0 Å². The summed E-state index contributed by atoms with van der Waals surface area (Å²) in [4.78, 5) is 0. The second-order valence-electron chi connectivity index (χ2n) is 0.919. The molecule has 9 heavy (non-hydrogen) atoms. The van der Waals surface area contributed by atoms with Crippen molar-refractivity contribution in [3.05, 3.63) is 0 Å². The Labute approximate surface area is 80.8 Å². The Balaban J connectivity index is 0. The molecular formula is C2H4ClNaO4S. The summed E-state index contributed by atoms with van der Waals surface area (Å²) in [6.45, 7) is -0.257. The summed E-state index contributed by atoms with van der Waals surface area (Å²) in [7, 11) is -4.52. The average Bonchev–Trinajstić information content (AvgIpc) is 1.59. The summed E-state index contributed by atoms with van der Waals surface area (Å²) in [6, 6.07) is 0. The molecule has 0 rings (SSSR count). The third-order valence-corrected chi connectivity index (χ3v) is 0.914. The molecule has 7 heteroatoms. The maximum Gasteiger partial charge on any atom is 1.00 e. The summed E-state index contributed by atoms with van der Waals surface area (Å²) in [6.07, 6.45) is 0. The summed E-state index contributed by atoms with van der Waals surface area (Å²) < 4.78 is 32.3. The van der Waals surface area contributed by atoms with E-state index in [9.17, 15) is 13.0 Å². The average molecular weight is 183 g/mol. The van der Waals surface area contributed by atoms with E-state index < -0.39 is 10.4 Å². The van der Waals surface area contributed by atoms with Crippen molar-refractivity contribution in [1.29, 1.82) is 0 Å². The van der Waals surface area contributed by atoms with Crippen LogP contribution in [0, 0.1) is 0 Å². The molecule has 50 valence electrons. The van der Waals surface area contributed by atoms with Crippen LogP contribution < -0.4 is 29.6 Å². The number of halogens is 1. The van der Waals surface area contributed by atoms with Crippen LogP contribution >= 0.6 is 11.6 Å². The molecule has 0 amide bonds. The molecule has 0 saturated carbocycles. The van der Waals surface area contributed by atoms with Gasteiger partial charge in [0.05, 0.1) is 6.61 Å². The minimum absolute atomic E-state index is 0. The molecule has 0 spiro atoms. The molecule has 0 aliphatic rings. The Morgan fingerprint density at radius 1 is 1.56 bits per heavy atom. The van der Waals surface area contributed by atoms with E-state index in [1.54, 1.807) is 0 Å². The first-order chi connectivity index (χ1) is 3.56. The summed E-state index contributed by atoms with van der Waals surface area (Å²) in [5, 5.41) is 0. The predicted molar refractivity (Wildman–Crippen MR) is 26.4 cm³/mol. The molecule has 0 heterocycles. The smallest absolute Gasteiger partial charge is 0.726 e. The topological polar surface area (TPSA) is 66.4 Å². The summed E-state index contributed by atoms with van der Waals surface area (Å²) >= 11 is 4.98. The van der Waals surface area contributed by atoms with E-state index in [0.29, 0.717) is 0 Å². The van der Waals surface area contributed by atoms with Gasteiger partial charge >= 0.3 is 29.6 Å². The van der Waals surface area contributed by atoms with E-state index in [-0.39, 0.29) is 42.0 Å². The van der Waals surface area contributed by atoms with Crippen molar-refractivity contribution < 1.29 is 46.7 Å². The van der Waals surface area contributed by atoms with E-state index >= 15 is 0 Å². The molecule has 0 aliphatic heterocycles. The second kappa shape index (κ2) is 5.91. The molecular weight excluding hydrogens is 179 g/mol. The fourth-order valence-electron chi connectivity index (χ4n) is 0.134. The van der Waals surface area contributed by atoms with Crippen molar-refractivity contribution in [3.8, 4) is 0 Å². The molecule has 0 bridgehead atoms. The minimum Gasteiger partial charge on any atom is -0.726 e. The Morgan fingerprint density at radius 2 is 2.00 bits per heavy atom.